The van der Waals surface area contributed by atoms with Crippen molar-refractivity contribution in [2.75, 3.05) is 0 Å². The van der Waals surface area contributed by atoms with E-state index in [1.54, 1.807) is 12.3 Å². The van der Waals surface area contributed by atoms with E-state index in [-0.39, 0.29) is 10.9 Å². The fourth-order valence-corrected chi connectivity index (χ4v) is 2.26. The van der Waals surface area contributed by atoms with E-state index >= 15 is 0 Å². The first-order valence-corrected chi connectivity index (χ1v) is 6.25. The number of imidazole rings is 1. The Morgan fingerprint density at radius 2 is 2.42 bits per heavy atom. The molecule has 0 bridgehead atoms. The van der Waals surface area contributed by atoms with E-state index in [0.717, 1.165) is 24.9 Å². The van der Waals surface area contributed by atoms with E-state index < -0.39 is 0 Å². The summed E-state index contributed by atoms with van der Waals surface area (Å²) in [4.78, 5) is 8.26. The molecular formula is C12H10ClN5O. The molecule has 0 saturated heterocycles. The van der Waals surface area contributed by atoms with Gasteiger partial charge in [-0.3, -0.25) is 0 Å². The maximum Gasteiger partial charge on any atom is 0.222 e. The van der Waals surface area contributed by atoms with Crippen LogP contribution in [0.4, 0.5) is 0 Å². The highest BCUT2D eigenvalue weighted by molar-refractivity contribution is 6.33. The molecule has 6 nitrogen and oxygen atoms in total. The van der Waals surface area contributed by atoms with Gasteiger partial charge in [0.2, 0.25) is 5.71 Å². The van der Waals surface area contributed by atoms with Crippen LogP contribution in [-0.2, 0) is 6.54 Å². The predicted molar refractivity (Wildman–Crippen MR) is 69.2 cm³/mol. The van der Waals surface area contributed by atoms with E-state index in [4.69, 9.17) is 22.1 Å². The van der Waals surface area contributed by atoms with Crippen LogP contribution in [0.5, 0.6) is 0 Å². The van der Waals surface area contributed by atoms with Crippen molar-refractivity contribution >= 4 is 28.3 Å². The van der Waals surface area contributed by atoms with Crippen molar-refractivity contribution in [1.29, 1.82) is 5.26 Å². The van der Waals surface area contributed by atoms with Crippen LogP contribution in [0, 0.1) is 17.2 Å². The molecular weight excluding hydrogens is 266 g/mol. The highest BCUT2D eigenvalue weighted by Gasteiger charge is 2.26. The Kier molecular flexibility index (Phi) is 2.84. The topological polar surface area (TPSA) is 87.1 Å². The largest absolute Gasteiger partial charge is 0.410 e. The third kappa shape index (κ3) is 2.02. The van der Waals surface area contributed by atoms with Crippen LogP contribution in [0.15, 0.2) is 17.4 Å². The molecule has 19 heavy (non-hydrogen) atoms. The summed E-state index contributed by atoms with van der Waals surface area (Å²) >= 11 is 6.01. The zero-order chi connectivity index (χ0) is 13.4. The van der Waals surface area contributed by atoms with Crippen LogP contribution in [0.1, 0.15) is 18.7 Å². The number of aromatic nitrogens is 3. The third-order valence-electron chi connectivity index (χ3n) is 3.18. The lowest BCUT2D eigenvalue weighted by Gasteiger charge is -2.06. The lowest BCUT2D eigenvalue weighted by molar-refractivity contribution is 0.319. The maximum absolute atomic E-state index is 9.01. The van der Waals surface area contributed by atoms with Gasteiger partial charge in [-0.2, -0.15) is 5.26 Å². The normalized spacial score (nSPS) is 15.7. The highest BCUT2D eigenvalue weighted by atomic mass is 35.5. The maximum atomic E-state index is 9.01. The number of rotatable bonds is 3. The monoisotopic (exact) mass is 275 g/mol. The van der Waals surface area contributed by atoms with Crippen LogP contribution in [0.3, 0.4) is 0 Å². The quantitative estimate of drug-likeness (QED) is 0.403. The highest BCUT2D eigenvalue weighted by Crippen LogP contribution is 2.33. The second kappa shape index (κ2) is 4.52. The number of nitriles is 1. The molecule has 96 valence electrons. The molecule has 1 fully saturated rings. The molecule has 0 amide bonds. The number of oxime groups is 1. The average Bonchev–Trinajstić information content (AvgIpc) is 3.15. The van der Waals surface area contributed by atoms with Crippen LogP contribution in [0.25, 0.3) is 11.0 Å². The standard InChI is InChI=1S/C12H10ClN5O/c13-11-10-9(3-4-15-11)18(6-7-1-2-7)12(16-10)8(5-14)17-19/h3-4,7,19H,1-2,6H2. The molecule has 3 rings (SSSR count). The molecule has 7 heteroatoms. The molecule has 1 aliphatic carbocycles. The summed E-state index contributed by atoms with van der Waals surface area (Å²) < 4.78 is 1.87. The summed E-state index contributed by atoms with van der Waals surface area (Å²) in [5.41, 5.74) is 1.21. The average molecular weight is 276 g/mol. The van der Waals surface area contributed by atoms with Gasteiger partial charge in [-0.05, 0) is 24.8 Å². The Labute approximate surface area is 113 Å². The minimum atomic E-state index is -0.118. The Bertz CT molecular complexity index is 711. The van der Waals surface area contributed by atoms with Gasteiger partial charge in [0.05, 0.1) is 5.52 Å². The molecule has 0 unspecified atom stereocenters. The Hall–Kier alpha value is -2.13. The number of nitrogens with zero attached hydrogens (tertiary/aromatic N) is 5. The van der Waals surface area contributed by atoms with E-state index in [1.165, 1.54) is 0 Å². The lowest BCUT2D eigenvalue weighted by Crippen LogP contribution is -2.11. The lowest BCUT2D eigenvalue weighted by atomic mass is 10.3. The van der Waals surface area contributed by atoms with Crippen LogP contribution >= 0.6 is 11.6 Å². The van der Waals surface area contributed by atoms with Crippen molar-refractivity contribution in [3.63, 3.8) is 0 Å². The van der Waals surface area contributed by atoms with E-state index in [1.807, 2.05) is 10.6 Å². The number of hydrogen-bond acceptors (Lipinski definition) is 5. The summed E-state index contributed by atoms with van der Waals surface area (Å²) in [6.45, 7) is 0.743. The van der Waals surface area contributed by atoms with Gasteiger partial charge in [0.25, 0.3) is 0 Å². The SMILES string of the molecule is N#CC(=NO)c1nc2c(Cl)nccc2n1CC1CC1. The van der Waals surface area contributed by atoms with Gasteiger partial charge in [0, 0.05) is 12.7 Å². The van der Waals surface area contributed by atoms with Crippen molar-refractivity contribution in [1.82, 2.24) is 14.5 Å². The molecule has 1 N–H and O–H groups in total. The summed E-state index contributed by atoms with van der Waals surface area (Å²) in [6, 6.07) is 3.63. The van der Waals surface area contributed by atoms with E-state index in [2.05, 4.69) is 15.1 Å². The zero-order valence-electron chi connectivity index (χ0n) is 9.91. The number of halogens is 1. The first-order valence-electron chi connectivity index (χ1n) is 5.88. The number of hydrogen-bond donors (Lipinski definition) is 1. The smallest absolute Gasteiger partial charge is 0.222 e. The first kappa shape index (κ1) is 11.9. The summed E-state index contributed by atoms with van der Waals surface area (Å²) in [7, 11) is 0. The van der Waals surface area contributed by atoms with Gasteiger partial charge in [0.15, 0.2) is 11.0 Å². The molecule has 0 atom stereocenters. The molecule has 2 aromatic rings. The molecule has 2 heterocycles. The third-order valence-corrected chi connectivity index (χ3v) is 3.45. The summed E-state index contributed by atoms with van der Waals surface area (Å²) in [5, 5.41) is 21.2. The summed E-state index contributed by atoms with van der Waals surface area (Å²) in [5.74, 6) is 0.920. The fraction of sp³-hybridized carbons (Fsp3) is 0.333. The van der Waals surface area contributed by atoms with Crippen LogP contribution in [-0.4, -0.2) is 25.5 Å². The second-order valence-electron chi connectivity index (χ2n) is 4.52. The van der Waals surface area contributed by atoms with E-state index in [9.17, 15) is 0 Å². The minimum absolute atomic E-state index is 0.118. The van der Waals surface area contributed by atoms with Crippen molar-refractivity contribution < 1.29 is 5.21 Å². The number of pyridine rings is 1. The van der Waals surface area contributed by atoms with E-state index in [0.29, 0.717) is 17.3 Å². The zero-order valence-corrected chi connectivity index (χ0v) is 10.7. The molecule has 2 aromatic heterocycles. The molecule has 0 aromatic carbocycles. The Morgan fingerprint density at radius 3 is 3.05 bits per heavy atom. The Morgan fingerprint density at radius 1 is 1.63 bits per heavy atom. The molecule has 0 aliphatic heterocycles. The predicted octanol–water partition coefficient (Wildman–Crippen LogP) is 2.20. The van der Waals surface area contributed by atoms with Gasteiger partial charge in [-0.1, -0.05) is 16.8 Å². The van der Waals surface area contributed by atoms with Gasteiger partial charge in [-0.15, -0.1) is 0 Å². The van der Waals surface area contributed by atoms with Gasteiger partial charge < -0.3 is 9.77 Å². The van der Waals surface area contributed by atoms with Crippen LogP contribution in [0.2, 0.25) is 5.15 Å². The van der Waals surface area contributed by atoms with Crippen molar-refractivity contribution in [3.8, 4) is 6.07 Å². The first-order chi connectivity index (χ1) is 9.24. The second-order valence-corrected chi connectivity index (χ2v) is 4.88. The molecule has 0 radical (unpaired) electrons. The summed E-state index contributed by atoms with van der Waals surface area (Å²) in [6.07, 6.45) is 3.92. The van der Waals surface area contributed by atoms with Crippen molar-refractivity contribution in [2.24, 2.45) is 11.1 Å². The molecule has 0 spiro atoms. The Balaban J connectivity index is 2.24. The van der Waals surface area contributed by atoms with Gasteiger partial charge >= 0.3 is 0 Å². The van der Waals surface area contributed by atoms with Gasteiger partial charge in [-0.25, -0.2) is 9.97 Å². The molecule has 1 saturated carbocycles. The number of fused-ring (bicyclic) bond motifs is 1. The molecule has 1 aliphatic rings. The van der Waals surface area contributed by atoms with Crippen molar-refractivity contribution in [3.05, 3.63) is 23.2 Å². The van der Waals surface area contributed by atoms with Crippen molar-refractivity contribution in [2.45, 2.75) is 19.4 Å². The minimum Gasteiger partial charge on any atom is -0.410 e. The van der Waals surface area contributed by atoms with Gasteiger partial charge in [0.1, 0.15) is 11.6 Å². The van der Waals surface area contributed by atoms with Crippen LogP contribution < -0.4 is 0 Å². The fourth-order valence-electron chi connectivity index (χ4n) is 2.06.